The number of benzene rings is 1. The number of hydrogen-bond acceptors (Lipinski definition) is 3. The van der Waals surface area contributed by atoms with Crippen LogP contribution >= 0.6 is 0 Å². The summed E-state index contributed by atoms with van der Waals surface area (Å²) in [4.78, 5) is 24.8. The minimum atomic E-state index is -0.809. The van der Waals surface area contributed by atoms with Crippen molar-refractivity contribution in [1.29, 1.82) is 0 Å². The van der Waals surface area contributed by atoms with Crippen LogP contribution in [0.3, 0.4) is 0 Å². The summed E-state index contributed by atoms with van der Waals surface area (Å²) in [7, 11) is 0. The maximum Gasteiger partial charge on any atom is 0.306 e. The van der Waals surface area contributed by atoms with Crippen LogP contribution in [0.5, 0.6) is 5.75 Å². The second-order valence-corrected chi connectivity index (χ2v) is 5.22. The van der Waals surface area contributed by atoms with Crippen LogP contribution in [0.4, 0.5) is 0 Å². The molecule has 21 heavy (non-hydrogen) atoms. The summed E-state index contributed by atoms with van der Waals surface area (Å²) in [5.41, 5.74) is 0.586. The molecule has 1 aliphatic rings. The van der Waals surface area contributed by atoms with Gasteiger partial charge in [0.15, 0.2) is 0 Å². The van der Waals surface area contributed by atoms with Crippen molar-refractivity contribution in [1.82, 2.24) is 4.90 Å². The largest absolute Gasteiger partial charge is 0.490 e. The van der Waals surface area contributed by atoms with Crippen LogP contribution < -0.4 is 4.74 Å². The molecule has 0 radical (unpaired) electrons. The third-order valence-electron chi connectivity index (χ3n) is 3.76. The number of rotatable bonds is 6. The van der Waals surface area contributed by atoms with Gasteiger partial charge in [0.05, 0.1) is 5.92 Å². The molecule has 1 saturated heterocycles. The highest BCUT2D eigenvalue weighted by Gasteiger charge is 2.37. The van der Waals surface area contributed by atoms with Crippen molar-refractivity contribution in [3.8, 4) is 5.75 Å². The van der Waals surface area contributed by atoms with Gasteiger partial charge in [0, 0.05) is 24.6 Å². The predicted octanol–water partition coefficient (Wildman–Crippen LogP) is 2.04. The van der Waals surface area contributed by atoms with Crippen molar-refractivity contribution < 1.29 is 19.4 Å². The Morgan fingerprint density at radius 2 is 2.05 bits per heavy atom. The molecule has 1 fully saturated rings. The molecule has 5 heteroatoms. The maximum atomic E-state index is 12.2. The Morgan fingerprint density at radius 3 is 2.57 bits per heavy atom. The average molecular weight is 289 g/mol. The van der Waals surface area contributed by atoms with E-state index in [-0.39, 0.29) is 11.8 Å². The Bertz CT molecular complexity index is 532. The van der Waals surface area contributed by atoms with Crippen molar-refractivity contribution in [2.45, 2.75) is 6.92 Å². The van der Waals surface area contributed by atoms with Gasteiger partial charge in [-0.1, -0.05) is 19.6 Å². The fraction of sp³-hybridized carbons (Fsp3) is 0.375. The minimum absolute atomic E-state index is 0.0432. The third kappa shape index (κ3) is 3.42. The molecule has 0 saturated carbocycles. The number of carboxylic acids is 1. The normalized spacial score (nSPS) is 16.0. The number of ether oxygens (including phenoxy) is 1. The van der Waals surface area contributed by atoms with E-state index in [2.05, 4.69) is 6.58 Å². The van der Waals surface area contributed by atoms with Crippen molar-refractivity contribution in [2.24, 2.45) is 11.8 Å². The summed E-state index contributed by atoms with van der Waals surface area (Å²) in [5.74, 6) is -0.562. The van der Waals surface area contributed by atoms with Crippen LogP contribution in [-0.4, -0.2) is 41.6 Å². The molecule has 1 aromatic rings. The van der Waals surface area contributed by atoms with Crippen LogP contribution in [0.2, 0.25) is 0 Å². The van der Waals surface area contributed by atoms with Gasteiger partial charge >= 0.3 is 5.97 Å². The first-order chi connectivity index (χ1) is 10.0. The zero-order valence-electron chi connectivity index (χ0n) is 12.0. The van der Waals surface area contributed by atoms with Gasteiger partial charge in [0.2, 0.25) is 0 Å². The smallest absolute Gasteiger partial charge is 0.306 e. The van der Waals surface area contributed by atoms with Crippen LogP contribution in [-0.2, 0) is 4.79 Å². The number of carbonyl (C=O) groups excluding carboxylic acids is 1. The Balaban J connectivity index is 1.90. The van der Waals surface area contributed by atoms with Crippen LogP contribution in [0.25, 0.3) is 0 Å². The highest BCUT2D eigenvalue weighted by Crippen LogP contribution is 2.26. The van der Waals surface area contributed by atoms with Gasteiger partial charge in [-0.05, 0) is 24.3 Å². The number of nitrogens with zero attached hydrogens (tertiary/aromatic N) is 1. The Labute approximate surface area is 123 Å². The molecule has 0 bridgehead atoms. The standard InChI is InChI=1S/C16H19NO4/c1-3-8-21-14-6-4-12(5-7-14)15(18)17-9-13(10-17)11(2)16(19)20/h3-7,11,13H,1,8-10H2,2H3,(H,19,20). The molecule has 1 unspecified atom stereocenters. The Morgan fingerprint density at radius 1 is 1.43 bits per heavy atom. The molecule has 112 valence electrons. The third-order valence-corrected chi connectivity index (χ3v) is 3.76. The summed E-state index contributed by atoms with van der Waals surface area (Å²) in [6, 6.07) is 6.92. The van der Waals surface area contributed by atoms with E-state index in [1.807, 2.05) is 0 Å². The maximum absolute atomic E-state index is 12.2. The number of aliphatic carboxylic acids is 1. The first-order valence-corrected chi connectivity index (χ1v) is 6.88. The molecular formula is C16H19NO4. The van der Waals surface area contributed by atoms with E-state index in [9.17, 15) is 9.59 Å². The van der Waals surface area contributed by atoms with E-state index in [1.54, 1.807) is 42.2 Å². The summed E-state index contributed by atoms with van der Waals surface area (Å²) >= 11 is 0. The van der Waals surface area contributed by atoms with Gasteiger partial charge in [0.1, 0.15) is 12.4 Å². The van der Waals surface area contributed by atoms with E-state index < -0.39 is 11.9 Å². The second-order valence-electron chi connectivity index (χ2n) is 5.22. The van der Waals surface area contributed by atoms with Crippen molar-refractivity contribution in [3.05, 3.63) is 42.5 Å². The van der Waals surface area contributed by atoms with E-state index in [1.165, 1.54) is 0 Å². The number of amides is 1. The number of carboxylic acid groups (broad SMARTS) is 1. The van der Waals surface area contributed by atoms with E-state index in [0.29, 0.717) is 31.0 Å². The van der Waals surface area contributed by atoms with Gasteiger partial charge in [0.25, 0.3) is 5.91 Å². The quantitative estimate of drug-likeness (QED) is 0.814. The monoisotopic (exact) mass is 289 g/mol. The second kappa shape index (κ2) is 6.43. The van der Waals surface area contributed by atoms with Gasteiger partial charge in [-0.15, -0.1) is 0 Å². The highest BCUT2D eigenvalue weighted by atomic mass is 16.5. The fourth-order valence-corrected chi connectivity index (χ4v) is 2.23. The molecule has 1 N–H and O–H groups in total. The van der Waals surface area contributed by atoms with Gasteiger partial charge < -0.3 is 14.7 Å². The predicted molar refractivity (Wildman–Crippen MR) is 78.3 cm³/mol. The van der Waals surface area contributed by atoms with Gasteiger partial charge in [-0.2, -0.15) is 0 Å². The lowest BCUT2D eigenvalue weighted by Crippen LogP contribution is -2.53. The van der Waals surface area contributed by atoms with E-state index in [4.69, 9.17) is 9.84 Å². The summed E-state index contributed by atoms with van der Waals surface area (Å²) in [5, 5.41) is 8.94. The zero-order valence-corrected chi connectivity index (χ0v) is 12.0. The van der Waals surface area contributed by atoms with Crippen LogP contribution in [0.15, 0.2) is 36.9 Å². The molecule has 1 amide bonds. The Kier molecular flexibility index (Phi) is 4.62. The van der Waals surface area contributed by atoms with Gasteiger partial charge in [-0.3, -0.25) is 9.59 Å². The fourth-order valence-electron chi connectivity index (χ4n) is 2.23. The molecule has 1 aliphatic heterocycles. The molecule has 2 rings (SSSR count). The van der Waals surface area contributed by atoms with E-state index >= 15 is 0 Å². The number of hydrogen-bond donors (Lipinski definition) is 1. The molecular weight excluding hydrogens is 270 g/mol. The summed E-state index contributed by atoms with van der Waals surface area (Å²) in [6.07, 6.45) is 1.66. The minimum Gasteiger partial charge on any atom is -0.490 e. The molecule has 0 spiro atoms. The van der Waals surface area contributed by atoms with Crippen molar-refractivity contribution in [2.75, 3.05) is 19.7 Å². The lowest BCUT2D eigenvalue weighted by molar-refractivity contribution is -0.144. The highest BCUT2D eigenvalue weighted by molar-refractivity contribution is 5.95. The lowest BCUT2D eigenvalue weighted by atomic mass is 9.86. The summed E-state index contributed by atoms with van der Waals surface area (Å²) < 4.78 is 5.36. The van der Waals surface area contributed by atoms with E-state index in [0.717, 1.165) is 0 Å². The Hall–Kier alpha value is -2.30. The van der Waals surface area contributed by atoms with Crippen molar-refractivity contribution >= 4 is 11.9 Å². The molecule has 0 aliphatic carbocycles. The molecule has 1 aromatic carbocycles. The van der Waals surface area contributed by atoms with Crippen molar-refractivity contribution in [3.63, 3.8) is 0 Å². The van der Waals surface area contributed by atoms with Gasteiger partial charge in [-0.25, -0.2) is 0 Å². The number of likely N-dealkylation sites (tertiary alicyclic amines) is 1. The van der Waals surface area contributed by atoms with Crippen LogP contribution in [0.1, 0.15) is 17.3 Å². The number of carbonyl (C=O) groups is 2. The average Bonchev–Trinajstić information content (AvgIpc) is 2.43. The zero-order chi connectivity index (χ0) is 15.4. The topological polar surface area (TPSA) is 66.8 Å². The van der Waals surface area contributed by atoms with Crippen LogP contribution in [0, 0.1) is 11.8 Å². The SMILES string of the molecule is C=CCOc1ccc(C(=O)N2CC(C(C)C(=O)O)C2)cc1. The molecule has 1 atom stereocenters. The first-order valence-electron chi connectivity index (χ1n) is 6.88. The molecule has 0 aromatic heterocycles. The summed E-state index contributed by atoms with van der Waals surface area (Å²) in [6.45, 7) is 6.68. The molecule has 5 nitrogen and oxygen atoms in total. The first kappa shape index (κ1) is 15.1. The lowest BCUT2D eigenvalue weighted by Gasteiger charge is -2.41. The molecule has 1 heterocycles.